The summed E-state index contributed by atoms with van der Waals surface area (Å²) in [5.41, 5.74) is 2.11. The van der Waals surface area contributed by atoms with Gasteiger partial charge in [-0.2, -0.15) is 0 Å². The second-order valence-electron chi connectivity index (χ2n) is 6.26. The molecule has 0 aliphatic carbocycles. The molecule has 0 aliphatic heterocycles. The van der Waals surface area contributed by atoms with Crippen LogP contribution in [0.15, 0.2) is 4.79 Å². The molecule has 1 rings (SSSR count). The molecule has 3 nitrogen and oxygen atoms in total. The first-order valence-electron chi connectivity index (χ1n) is 7.02. The SMILES string of the molecule is CCN(CC)c1c(N(C)CCC(C)(C)C)c(=S)c1=O. The van der Waals surface area contributed by atoms with Crippen molar-refractivity contribution in [2.45, 2.75) is 41.0 Å². The molecular weight excluding hydrogens is 256 g/mol. The summed E-state index contributed by atoms with van der Waals surface area (Å²) in [6, 6.07) is 0. The van der Waals surface area contributed by atoms with Gasteiger partial charge in [-0.1, -0.05) is 33.0 Å². The minimum absolute atomic E-state index is 0.0382. The van der Waals surface area contributed by atoms with Crippen molar-refractivity contribution in [2.24, 2.45) is 5.41 Å². The van der Waals surface area contributed by atoms with E-state index in [4.69, 9.17) is 12.2 Å². The normalized spacial score (nSPS) is 11.9. The van der Waals surface area contributed by atoms with Crippen LogP contribution in [0.2, 0.25) is 0 Å². The highest BCUT2D eigenvalue weighted by Gasteiger charge is 2.25. The molecule has 108 valence electrons. The van der Waals surface area contributed by atoms with E-state index in [0.29, 0.717) is 9.93 Å². The molecule has 0 N–H and O–H groups in total. The third-order valence-corrected chi connectivity index (χ3v) is 3.90. The largest absolute Gasteiger partial charge is 0.371 e. The first kappa shape index (κ1) is 16.2. The summed E-state index contributed by atoms with van der Waals surface area (Å²) < 4.78 is 0.498. The summed E-state index contributed by atoms with van der Waals surface area (Å²) >= 11 is 5.23. The molecule has 0 fully saturated rings. The van der Waals surface area contributed by atoms with E-state index in [0.717, 1.165) is 37.4 Å². The molecule has 0 unspecified atom stereocenters. The van der Waals surface area contributed by atoms with Crippen LogP contribution < -0.4 is 15.2 Å². The van der Waals surface area contributed by atoms with Crippen LogP contribution in [-0.4, -0.2) is 26.7 Å². The van der Waals surface area contributed by atoms with Crippen LogP contribution in [-0.2, 0) is 0 Å². The number of anilines is 2. The summed E-state index contributed by atoms with van der Waals surface area (Å²) in [7, 11) is 2.03. The smallest absolute Gasteiger partial charge is 0.224 e. The molecular formula is C15H26N2OS. The van der Waals surface area contributed by atoms with E-state index in [1.807, 2.05) is 7.05 Å². The Kier molecular flexibility index (Phi) is 5.13. The summed E-state index contributed by atoms with van der Waals surface area (Å²) in [5.74, 6) is 0. The lowest BCUT2D eigenvalue weighted by Gasteiger charge is -2.32. The highest BCUT2D eigenvalue weighted by Crippen LogP contribution is 2.31. The Labute approximate surface area is 121 Å². The summed E-state index contributed by atoms with van der Waals surface area (Å²) in [6.45, 7) is 13.4. The van der Waals surface area contributed by atoms with Gasteiger partial charge in [-0.3, -0.25) is 4.79 Å². The molecule has 1 aromatic carbocycles. The maximum absolute atomic E-state index is 12.0. The average molecular weight is 282 g/mol. The highest BCUT2D eigenvalue weighted by atomic mass is 32.1. The lowest BCUT2D eigenvalue weighted by molar-refractivity contribution is 0.381. The molecule has 4 heteroatoms. The Hall–Kier alpha value is -0.900. The first-order valence-corrected chi connectivity index (χ1v) is 7.43. The third kappa shape index (κ3) is 3.56. The van der Waals surface area contributed by atoms with Crippen LogP contribution in [0, 0.1) is 9.93 Å². The summed E-state index contributed by atoms with van der Waals surface area (Å²) in [5, 5.41) is 0. The molecule has 1 aromatic rings. The van der Waals surface area contributed by atoms with Crippen molar-refractivity contribution in [1.29, 1.82) is 0 Å². The molecule has 0 atom stereocenters. The van der Waals surface area contributed by atoms with Crippen molar-refractivity contribution in [3.05, 3.63) is 14.7 Å². The van der Waals surface area contributed by atoms with Crippen molar-refractivity contribution in [3.63, 3.8) is 0 Å². The Morgan fingerprint density at radius 2 is 1.63 bits per heavy atom. The molecule has 19 heavy (non-hydrogen) atoms. The highest BCUT2D eigenvalue weighted by molar-refractivity contribution is 7.71. The predicted octanol–water partition coefficient (Wildman–Crippen LogP) is 3.37. The van der Waals surface area contributed by atoms with Gasteiger partial charge in [0.2, 0.25) is 5.43 Å². The number of hydrogen-bond acceptors (Lipinski definition) is 4. The molecule has 0 saturated carbocycles. The van der Waals surface area contributed by atoms with E-state index in [-0.39, 0.29) is 5.43 Å². The van der Waals surface area contributed by atoms with Gasteiger partial charge in [-0.25, -0.2) is 0 Å². The van der Waals surface area contributed by atoms with Crippen molar-refractivity contribution in [3.8, 4) is 0 Å². The van der Waals surface area contributed by atoms with Gasteiger partial charge in [-0.05, 0) is 25.7 Å². The van der Waals surface area contributed by atoms with Gasteiger partial charge in [0.25, 0.3) is 0 Å². The standard InChI is InChI=1S/C15H26N2OS/c1-7-17(8-2)11-12(14(19)13(11)18)16(6)10-9-15(3,4)5/h7-10H2,1-6H3. The minimum atomic E-state index is 0.0382. The van der Waals surface area contributed by atoms with Crippen LogP contribution in [0.3, 0.4) is 0 Å². The zero-order valence-electron chi connectivity index (χ0n) is 13.0. The fourth-order valence-electron chi connectivity index (χ4n) is 2.17. The lowest BCUT2D eigenvalue weighted by Crippen LogP contribution is -2.36. The van der Waals surface area contributed by atoms with E-state index in [1.54, 1.807) is 0 Å². The van der Waals surface area contributed by atoms with Gasteiger partial charge in [0.05, 0.1) is 5.69 Å². The maximum atomic E-state index is 12.0. The van der Waals surface area contributed by atoms with Crippen LogP contribution in [0.4, 0.5) is 11.4 Å². The lowest BCUT2D eigenvalue weighted by atomic mass is 9.92. The first-order chi connectivity index (χ1) is 8.72. The second-order valence-corrected chi connectivity index (χ2v) is 6.67. The number of hydrogen-bond donors (Lipinski definition) is 0. The minimum Gasteiger partial charge on any atom is -0.371 e. The Morgan fingerprint density at radius 1 is 1.11 bits per heavy atom. The molecule has 0 amide bonds. The summed E-state index contributed by atoms with van der Waals surface area (Å²) in [4.78, 5) is 16.2. The zero-order valence-corrected chi connectivity index (χ0v) is 13.9. The second kappa shape index (κ2) is 6.04. The predicted molar refractivity (Wildman–Crippen MR) is 86.8 cm³/mol. The fraction of sp³-hybridized carbons (Fsp3) is 0.733. The van der Waals surface area contributed by atoms with Crippen molar-refractivity contribution >= 4 is 23.6 Å². The van der Waals surface area contributed by atoms with Gasteiger partial charge in [-0.15, -0.1) is 0 Å². The van der Waals surface area contributed by atoms with E-state index in [1.165, 1.54) is 0 Å². The zero-order chi connectivity index (χ0) is 14.8. The maximum Gasteiger partial charge on any atom is 0.224 e. The molecule has 0 aliphatic rings. The van der Waals surface area contributed by atoms with Gasteiger partial charge in [0.15, 0.2) is 0 Å². The van der Waals surface area contributed by atoms with E-state index >= 15 is 0 Å². The third-order valence-electron chi connectivity index (χ3n) is 3.52. The summed E-state index contributed by atoms with van der Waals surface area (Å²) in [6.07, 6.45) is 1.08. The van der Waals surface area contributed by atoms with E-state index in [2.05, 4.69) is 44.4 Å². The van der Waals surface area contributed by atoms with Crippen LogP contribution in [0.1, 0.15) is 41.0 Å². The fourth-order valence-corrected chi connectivity index (χ4v) is 2.52. The molecule has 0 bridgehead atoms. The Balaban J connectivity index is 2.92. The topological polar surface area (TPSA) is 23.6 Å². The Morgan fingerprint density at radius 3 is 2.05 bits per heavy atom. The monoisotopic (exact) mass is 282 g/mol. The van der Waals surface area contributed by atoms with Crippen molar-refractivity contribution in [1.82, 2.24) is 0 Å². The average Bonchev–Trinajstić information content (AvgIpc) is 2.34. The van der Waals surface area contributed by atoms with E-state index in [9.17, 15) is 4.79 Å². The number of rotatable bonds is 6. The van der Waals surface area contributed by atoms with E-state index < -0.39 is 0 Å². The van der Waals surface area contributed by atoms with Crippen LogP contribution in [0.25, 0.3) is 0 Å². The van der Waals surface area contributed by atoms with Crippen molar-refractivity contribution in [2.75, 3.05) is 36.5 Å². The van der Waals surface area contributed by atoms with Crippen LogP contribution in [0.5, 0.6) is 0 Å². The molecule has 0 aromatic heterocycles. The van der Waals surface area contributed by atoms with Gasteiger partial charge in [0.1, 0.15) is 10.2 Å². The Bertz CT molecular complexity index is 491. The van der Waals surface area contributed by atoms with Crippen LogP contribution >= 0.6 is 12.2 Å². The van der Waals surface area contributed by atoms with Crippen molar-refractivity contribution < 1.29 is 0 Å². The van der Waals surface area contributed by atoms with Gasteiger partial charge >= 0.3 is 0 Å². The number of nitrogens with zero attached hydrogens (tertiary/aromatic N) is 2. The molecule has 0 spiro atoms. The molecule has 0 radical (unpaired) electrons. The quantitative estimate of drug-likeness (QED) is 0.746. The van der Waals surface area contributed by atoms with Gasteiger partial charge < -0.3 is 9.80 Å². The molecule has 0 heterocycles. The van der Waals surface area contributed by atoms with Gasteiger partial charge in [0, 0.05) is 26.7 Å². The molecule has 0 saturated heterocycles.